The van der Waals surface area contributed by atoms with Gasteiger partial charge < -0.3 is 15.0 Å². The van der Waals surface area contributed by atoms with E-state index in [2.05, 4.69) is 26.2 Å². The molecule has 1 unspecified atom stereocenters. The number of carbonyl (C=O) groups is 2. The van der Waals surface area contributed by atoms with E-state index in [1.165, 1.54) is 0 Å². The third-order valence-corrected chi connectivity index (χ3v) is 4.94. The van der Waals surface area contributed by atoms with Crippen molar-refractivity contribution >= 4 is 38.8 Å². The Morgan fingerprint density at radius 2 is 1.88 bits per heavy atom. The summed E-state index contributed by atoms with van der Waals surface area (Å²) >= 11 is 3.41. The van der Waals surface area contributed by atoms with E-state index in [4.69, 9.17) is 0 Å². The third kappa shape index (κ3) is 3.94. The number of hydrogen-bond donors (Lipinski definition) is 2. The monoisotopic (exact) mass is 415 g/mol. The zero-order chi connectivity index (χ0) is 18.7. The van der Waals surface area contributed by atoms with Gasteiger partial charge in [0.1, 0.15) is 18.4 Å². The molecule has 3 rings (SSSR count). The molecule has 26 heavy (non-hydrogen) atoms. The van der Waals surface area contributed by atoms with Crippen LogP contribution in [0, 0.1) is 6.92 Å². The van der Waals surface area contributed by atoms with Crippen LogP contribution in [0.25, 0.3) is 11.0 Å². The number of imidazole rings is 1. The van der Waals surface area contributed by atoms with Gasteiger partial charge in [-0.15, -0.1) is 0 Å². The summed E-state index contributed by atoms with van der Waals surface area (Å²) in [5.74, 6) is -0.726. The average molecular weight is 416 g/mol. The van der Waals surface area contributed by atoms with Gasteiger partial charge in [-0.3, -0.25) is 4.79 Å². The maximum absolute atomic E-state index is 12.5. The second-order valence-corrected chi connectivity index (χ2v) is 6.84. The molecule has 0 saturated carbocycles. The van der Waals surface area contributed by atoms with Crippen molar-refractivity contribution in [2.24, 2.45) is 0 Å². The number of aromatic nitrogens is 2. The summed E-state index contributed by atoms with van der Waals surface area (Å²) in [6.07, 6.45) is 0.201. The summed E-state index contributed by atoms with van der Waals surface area (Å²) in [6, 6.07) is 13.9. The van der Waals surface area contributed by atoms with Crippen LogP contribution in [-0.4, -0.2) is 32.6 Å². The molecule has 2 N–H and O–H groups in total. The summed E-state index contributed by atoms with van der Waals surface area (Å²) in [5.41, 5.74) is 2.48. The Morgan fingerprint density at radius 1 is 1.19 bits per heavy atom. The molecular formula is C19H18BrN3O3. The molecule has 0 aliphatic heterocycles. The van der Waals surface area contributed by atoms with Crippen molar-refractivity contribution in [3.8, 4) is 0 Å². The number of aliphatic carboxylic acids is 1. The van der Waals surface area contributed by atoms with Crippen LogP contribution in [-0.2, 0) is 22.6 Å². The Balaban J connectivity index is 1.75. The van der Waals surface area contributed by atoms with Gasteiger partial charge in [0.25, 0.3) is 0 Å². The van der Waals surface area contributed by atoms with Crippen molar-refractivity contribution in [1.29, 1.82) is 0 Å². The third-order valence-electron chi connectivity index (χ3n) is 4.16. The highest BCUT2D eigenvalue weighted by Crippen LogP contribution is 2.18. The smallest absolute Gasteiger partial charge is 0.326 e. The number of halogens is 1. The predicted octanol–water partition coefficient (Wildman–Crippen LogP) is 2.92. The SMILES string of the molecule is Cc1nc2ccccc2n1CC(=O)NC(Cc1ccccc1Br)C(=O)O. The van der Waals surface area contributed by atoms with Crippen molar-refractivity contribution in [2.45, 2.75) is 25.9 Å². The minimum atomic E-state index is -1.07. The van der Waals surface area contributed by atoms with E-state index in [1.54, 1.807) is 4.57 Å². The van der Waals surface area contributed by atoms with Crippen molar-refractivity contribution in [1.82, 2.24) is 14.9 Å². The normalized spacial score (nSPS) is 12.1. The van der Waals surface area contributed by atoms with Crippen LogP contribution in [0.1, 0.15) is 11.4 Å². The Morgan fingerprint density at radius 3 is 2.62 bits per heavy atom. The molecule has 1 amide bonds. The summed E-state index contributed by atoms with van der Waals surface area (Å²) in [7, 11) is 0. The number of rotatable bonds is 6. The Bertz CT molecular complexity index is 968. The average Bonchev–Trinajstić information content (AvgIpc) is 2.92. The molecule has 0 bridgehead atoms. The molecule has 1 atom stereocenters. The fourth-order valence-corrected chi connectivity index (χ4v) is 3.31. The van der Waals surface area contributed by atoms with Crippen molar-refractivity contribution in [3.63, 3.8) is 0 Å². The summed E-state index contributed by atoms with van der Waals surface area (Å²) < 4.78 is 2.60. The molecule has 3 aromatic rings. The molecule has 1 heterocycles. The highest BCUT2D eigenvalue weighted by molar-refractivity contribution is 9.10. The van der Waals surface area contributed by atoms with Gasteiger partial charge in [-0.1, -0.05) is 46.3 Å². The van der Waals surface area contributed by atoms with E-state index < -0.39 is 12.0 Å². The molecule has 2 aromatic carbocycles. The van der Waals surface area contributed by atoms with E-state index >= 15 is 0 Å². The zero-order valence-electron chi connectivity index (χ0n) is 14.1. The summed E-state index contributed by atoms with van der Waals surface area (Å²) in [4.78, 5) is 28.5. The van der Waals surface area contributed by atoms with Crippen LogP contribution in [0.15, 0.2) is 53.0 Å². The number of nitrogens with zero attached hydrogens (tertiary/aromatic N) is 2. The van der Waals surface area contributed by atoms with E-state index in [0.29, 0.717) is 5.82 Å². The van der Waals surface area contributed by atoms with Crippen molar-refractivity contribution in [3.05, 3.63) is 64.4 Å². The topological polar surface area (TPSA) is 84.2 Å². The van der Waals surface area contributed by atoms with Gasteiger partial charge in [-0.2, -0.15) is 0 Å². The number of nitrogens with one attached hydrogen (secondary N) is 1. The van der Waals surface area contributed by atoms with Gasteiger partial charge in [0.2, 0.25) is 5.91 Å². The standard InChI is InChI=1S/C19H18BrN3O3/c1-12-21-15-8-4-5-9-17(15)23(12)11-18(24)22-16(19(25)26)10-13-6-2-3-7-14(13)20/h2-9,16H,10-11H2,1H3,(H,22,24)(H,25,26). The largest absolute Gasteiger partial charge is 0.480 e. The molecule has 0 radical (unpaired) electrons. The predicted molar refractivity (Wildman–Crippen MR) is 102 cm³/mol. The van der Waals surface area contributed by atoms with Crippen molar-refractivity contribution in [2.75, 3.05) is 0 Å². The van der Waals surface area contributed by atoms with E-state index in [0.717, 1.165) is 21.1 Å². The van der Waals surface area contributed by atoms with Gasteiger partial charge in [0, 0.05) is 10.9 Å². The fraction of sp³-hybridized carbons (Fsp3) is 0.211. The molecule has 1 aromatic heterocycles. The first kappa shape index (κ1) is 18.1. The number of carbonyl (C=O) groups excluding carboxylic acids is 1. The van der Waals surface area contributed by atoms with Crippen LogP contribution in [0.5, 0.6) is 0 Å². The quantitative estimate of drug-likeness (QED) is 0.647. The van der Waals surface area contributed by atoms with Crippen LogP contribution in [0.4, 0.5) is 0 Å². The van der Waals surface area contributed by atoms with Gasteiger partial charge in [0.15, 0.2) is 0 Å². The first-order valence-corrected chi connectivity index (χ1v) is 8.92. The summed E-state index contributed by atoms with van der Waals surface area (Å²) in [6.45, 7) is 1.84. The van der Waals surface area contributed by atoms with Crippen molar-refractivity contribution < 1.29 is 14.7 Å². The lowest BCUT2D eigenvalue weighted by atomic mass is 10.1. The molecule has 0 aliphatic carbocycles. The van der Waals surface area contributed by atoms with Gasteiger partial charge in [-0.25, -0.2) is 9.78 Å². The minimum Gasteiger partial charge on any atom is -0.480 e. The molecule has 7 heteroatoms. The van der Waals surface area contributed by atoms with Gasteiger partial charge >= 0.3 is 5.97 Å². The number of para-hydroxylation sites is 2. The lowest BCUT2D eigenvalue weighted by Crippen LogP contribution is -2.43. The highest BCUT2D eigenvalue weighted by atomic mass is 79.9. The molecule has 0 saturated heterocycles. The van der Waals surface area contributed by atoms with E-state index in [9.17, 15) is 14.7 Å². The maximum Gasteiger partial charge on any atom is 0.326 e. The van der Waals surface area contributed by atoms with Crippen LogP contribution in [0.2, 0.25) is 0 Å². The van der Waals surface area contributed by atoms with Crippen LogP contribution in [0.3, 0.4) is 0 Å². The second kappa shape index (κ2) is 7.70. The molecule has 0 fully saturated rings. The van der Waals surface area contributed by atoms with Crippen LogP contribution < -0.4 is 5.32 Å². The fourth-order valence-electron chi connectivity index (χ4n) is 2.86. The molecular weight excluding hydrogens is 398 g/mol. The Kier molecular flexibility index (Phi) is 5.37. The number of carboxylic acid groups (broad SMARTS) is 1. The summed E-state index contributed by atoms with van der Waals surface area (Å²) in [5, 5.41) is 12.1. The number of fused-ring (bicyclic) bond motifs is 1. The number of carboxylic acids is 1. The first-order valence-electron chi connectivity index (χ1n) is 8.13. The Hall–Kier alpha value is -2.67. The Labute approximate surface area is 159 Å². The second-order valence-electron chi connectivity index (χ2n) is 5.99. The van der Waals surface area contributed by atoms with E-state index in [1.807, 2.05) is 55.5 Å². The zero-order valence-corrected chi connectivity index (χ0v) is 15.7. The lowest BCUT2D eigenvalue weighted by molar-refractivity contribution is -0.141. The molecule has 134 valence electrons. The van der Waals surface area contributed by atoms with Gasteiger partial charge in [0.05, 0.1) is 11.0 Å². The molecule has 0 aliphatic rings. The first-order chi connectivity index (χ1) is 12.5. The van der Waals surface area contributed by atoms with E-state index in [-0.39, 0.29) is 18.9 Å². The highest BCUT2D eigenvalue weighted by Gasteiger charge is 2.22. The lowest BCUT2D eigenvalue weighted by Gasteiger charge is -2.16. The maximum atomic E-state index is 12.5. The van der Waals surface area contributed by atoms with Crippen LogP contribution >= 0.6 is 15.9 Å². The van der Waals surface area contributed by atoms with Gasteiger partial charge in [-0.05, 0) is 30.7 Å². The molecule has 0 spiro atoms. The minimum absolute atomic E-state index is 0.0199. The number of amides is 1. The molecule has 6 nitrogen and oxygen atoms in total. The number of benzene rings is 2. The number of hydrogen-bond acceptors (Lipinski definition) is 3. The number of aryl methyl sites for hydroxylation is 1.